The third-order valence-corrected chi connectivity index (χ3v) is 2.66. The van der Waals surface area contributed by atoms with E-state index in [1.54, 1.807) is 0 Å². The maximum atomic E-state index is 5.89. The fourth-order valence-corrected chi connectivity index (χ4v) is 1.68. The lowest BCUT2D eigenvalue weighted by atomic mass is 10.1. The molecular weight excluding hydrogens is 196 g/mol. The van der Waals surface area contributed by atoms with Crippen molar-refractivity contribution in [1.29, 1.82) is 0 Å². The van der Waals surface area contributed by atoms with E-state index >= 15 is 0 Å². The van der Waals surface area contributed by atoms with Gasteiger partial charge >= 0.3 is 0 Å². The van der Waals surface area contributed by atoms with Crippen LogP contribution in [-0.4, -0.2) is 18.0 Å². The number of anilines is 1. The lowest BCUT2D eigenvalue weighted by Crippen LogP contribution is -2.23. The lowest BCUT2D eigenvalue weighted by molar-refractivity contribution is 0.327. The molecule has 2 nitrogen and oxygen atoms in total. The van der Waals surface area contributed by atoms with Crippen molar-refractivity contribution in [2.75, 3.05) is 18.8 Å². The van der Waals surface area contributed by atoms with Gasteiger partial charge in [-0.3, -0.25) is 4.90 Å². The van der Waals surface area contributed by atoms with E-state index in [0.29, 0.717) is 0 Å². The first kappa shape index (κ1) is 12.5. The fraction of sp³-hybridized carbons (Fsp3) is 0.286. The van der Waals surface area contributed by atoms with E-state index < -0.39 is 0 Å². The molecule has 0 amide bonds. The second-order valence-electron chi connectivity index (χ2n) is 3.90. The van der Waals surface area contributed by atoms with Gasteiger partial charge in [-0.1, -0.05) is 24.3 Å². The van der Waals surface area contributed by atoms with Gasteiger partial charge in [0.15, 0.2) is 0 Å². The van der Waals surface area contributed by atoms with Crippen LogP contribution in [0, 0.1) is 6.92 Å². The predicted octanol–water partition coefficient (Wildman–Crippen LogP) is 2.75. The van der Waals surface area contributed by atoms with Crippen molar-refractivity contribution in [2.45, 2.75) is 13.5 Å². The molecular formula is C14H20N2. The summed E-state index contributed by atoms with van der Waals surface area (Å²) in [6.07, 6.45) is 3.82. The van der Waals surface area contributed by atoms with Crippen molar-refractivity contribution < 1.29 is 0 Å². The summed E-state index contributed by atoms with van der Waals surface area (Å²) in [6, 6.07) is 6.05. The molecule has 1 aromatic carbocycles. The molecule has 0 aromatic heterocycles. The van der Waals surface area contributed by atoms with Gasteiger partial charge in [0.2, 0.25) is 0 Å². The van der Waals surface area contributed by atoms with Gasteiger partial charge in [-0.25, -0.2) is 0 Å². The molecule has 0 aliphatic heterocycles. The minimum atomic E-state index is 0.856. The Morgan fingerprint density at radius 2 is 1.88 bits per heavy atom. The number of benzene rings is 1. The molecule has 86 valence electrons. The predicted molar refractivity (Wildman–Crippen MR) is 71.3 cm³/mol. The summed E-state index contributed by atoms with van der Waals surface area (Å²) in [5.41, 5.74) is 9.18. The molecule has 2 heteroatoms. The maximum Gasteiger partial charge on any atom is 0.0346 e. The van der Waals surface area contributed by atoms with Crippen LogP contribution in [-0.2, 0) is 6.54 Å². The number of nitrogens with two attached hydrogens (primary N) is 1. The standard InChI is InChI=1S/C14H20N2/c1-4-9-16(10-5-2)11-13-7-6-8-14(15)12(13)3/h4-8H,1-2,9-11,15H2,3H3. The molecule has 0 bridgehead atoms. The highest BCUT2D eigenvalue weighted by Gasteiger charge is 2.06. The van der Waals surface area contributed by atoms with Gasteiger partial charge in [-0.15, -0.1) is 13.2 Å². The smallest absolute Gasteiger partial charge is 0.0346 e. The largest absolute Gasteiger partial charge is 0.399 e. The van der Waals surface area contributed by atoms with Crippen molar-refractivity contribution >= 4 is 5.69 Å². The number of hydrogen-bond acceptors (Lipinski definition) is 2. The first-order valence-corrected chi connectivity index (χ1v) is 5.47. The van der Waals surface area contributed by atoms with E-state index in [2.05, 4.69) is 31.0 Å². The molecule has 0 radical (unpaired) electrons. The van der Waals surface area contributed by atoms with Crippen LogP contribution >= 0.6 is 0 Å². The van der Waals surface area contributed by atoms with Crippen molar-refractivity contribution in [3.63, 3.8) is 0 Å². The van der Waals surface area contributed by atoms with Gasteiger partial charge in [0.25, 0.3) is 0 Å². The summed E-state index contributed by atoms with van der Waals surface area (Å²) in [4.78, 5) is 2.27. The Labute approximate surface area is 98.1 Å². The second kappa shape index (κ2) is 6.13. The third kappa shape index (κ3) is 3.24. The van der Waals surface area contributed by atoms with Gasteiger partial charge in [0.05, 0.1) is 0 Å². The van der Waals surface area contributed by atoms with E-state index in [0.717, 1.165) is 25.3 Å². The summed E-state index contributed by atoms with van der Waals surface area (Å²) in [6.45, 7) is 12.2. The maximum absolute atomic E-state index is 5.89. The summed E-state index contributed by atoms with van der Waals surface area (Å²) < 4.78 is 0. The number of rotatable bonds is 6. The number of hydrogen-bond donors (Lipinski definition) is 1. The Morgan fingerprint density at radius 3 is 2.44 bits per heavy atom. The zero-order valence-corrected chi connectivity index (χ0v) is 9.95. The van der Waals surface area contributed by atoms with Gasteiger partial charge in [-0.2, -0.15) is 0 Å². The molecule has 0 spiro atoms. The SMILES string of the molecule is C=CCN(CC=C)Cc1cccc(N)c1C. The Bertz CT molecular complexity index is 359. The van der Waals surface area contributed by atoms with Gasteiger partial charge in [0, 0.05) is 25.3 Å². The molecule has 0 fully saturated rings. The van der Waals surface area contributed by atoms with E-state index in [1.165, 1.54) is 11.1 Å². The molecule has 0 aliphatic rings. The zero-order valence-electron chi connectivity index (χ0n) is 9.95. The van der Waals surface area contributed by atoms with Crippen LogP contribution in [0.15, 0.2) is 43.5 Å². The Hall–Kier alpha value is -1.54. The summed E-state index contributed by atoms with van der Waals surface area (Å²) >= 11 is 0. The van der Waals surface area contributed by atoms with Crippen molar-refractivity contribution in [1.82, 2.24) is 4.90 Å². The summed E-state index contributed by atoms with van der Waals surface area (Å²) in [5.74, 6) is 0. The van der Waals surface area contributed by atoms with Gasteiger partial charge in [-0.05, 0) is 24.1 Å². The van der Waals surface area contributed by atoms with Crippen LogP contribution in [0.3, 0.4) is 0 Å². The quantitative estimate of drug-likeness (QED) is 0.585. The molecule has 0 aliphatic carbocycles. The zero-order chi connectivity index (χ0) is 12.0. The average molecular weight is 216 g/mol. The van der Waals surface area contributed by atoms with Crippen LogP contribution in [0.1, 0.15) is 11.1 Å². The first-order chi connectivity index (χ1) is 7.69. The normalized spacial score (nSPS) is 10.4. The van der Waals surface area contributed by atoms with Crippen LogP contribution < -0.4 is 5.73 Å². The highest BCUT2D eigenvalue weighted by Crippen LogP contribution is 2.17. The molecule has 0 atom stereocenters. The molecule has 2 N–H and O–H groups in total. The van der Waals surface area contributed by atoms with Crippen molar-refractivity contribution in [3.8, 4) is 0 Å². The topological polar surface area (TPSA) is 29.3 Å². The van der Waals surface area contributed by atoms with Crippen molar-refractivity contribution in [3.05, 3.63) is 54.6 Å². The van der Waals surface area contributed by atoms with E-state index in [4.69, 9.17) is 5.73 Å². The van der Waals surface area contributed by atoms with E-state index in [1.807, 2.05) is 24.3 Å². The highest BCUT2D eigenvalue weighted by atomic mass is 15.1. The van der Waals surface area contributed by atoms with Gasteiger partial charge in [0.1, 0.15) is 0 Å². The van der Waals surface area contributed by atoms with Crippen LogP contribution in [0.2, 0.25) is 0 Å². The molecule has 0 saturated carbocycles. The van der Waals surface area contributed by atoms with Crippen molar-refractivity contribution in [2.24, 2.45) is 0 Å². The minimum Gasteiger partial charge on any atom is -0.399 e. The van der Waals surface area contributed by atoms with Crippen LogP contribution in [0.25, 0.3) is 0 Å². The Kier molecular flexibility index (Phi) is 4.80. The molecule has 0 heterocycles. The minimum absolute atomic E-state index is 0.856. The number of nitrogens with zero attached hydrogens (tertiary/aromatic N) is 1. The highest BCUT2D eigenvalue weighted by molar-refractivity contribution is 5.49. The number of nitrogen functional groups attached to an aromatic ring is 1. The molecule has 16 heavy (non-hydrogen) atoms. The molecule has 0 unspecified atom stereocenters. The summed E-state index contributed by atoms with van der Waals surface area (Å²) in [7, 11) is 0. The molecule has 0 saturated heterocycles. The first-order valence-electron chi connectivity index (χ1n) is 5.47. The average Bonchev–Trinajstić information content (AvgIpc) is 2.25. The van der Waals surface area contributed by atoms with Crippen LogP contribution in [0.4, 0.5) is 5.69 Å². The third-order valence-electron chi connectivity index (χ3n) is 2.66. The Morgan fingerprint density at radius 1 is 1.25 bits per heavy atom. The van der Waals surface area contributed by atoms with Gasteiger partial charge < -0.3 is 5.73 Å². The molecule has 1 aromatic rings. The Balaban J connectivity index is 2.79. The second-order valence-corrected chi connectivity index (χ2v) is 3.90. The monoisotopic (exact) mass is 216 g/mol. The fourth-order valence-electron chi connectivity index (χ4n) is 1.68. The van der Waals surface area contributed by atoms with Crippen LogP contribution in [0.5, 0.6) is 0 Å². The molecule has 1 rings (SSSR count). The summed E-state index contributed by atoms with van der Waals surface area (Å²) in [5, 5.41) is 0. The lowest BCUT2D eigenvalue weighted by Gasteiger charge is -2.20. The van der Waals surface area contributed by atoms with E-state index in [-0.39, 0.29) is 0 Å². The van der Waals surface area contributed by atoms with E-state index in [9.17, 15) is 0 Å².